The zero-order valence-corrected chi connectivity index (χ0v) is 15.5. The van der Waals surface area contributed by atoms with Gasteiger partial charge in [-0.3, -0.25) is 4.79 Å². The molecule has 0 saturated heterocycles. The molecule has 134 valence electrons. The second-order valence-corrected chi connectivity index (χ2v) is 7.73. The predicted octanol–water partition coefficient (Wildman–Crippen LogP) is 4.06. The van der Waals surface area contributed by atoms with Gasteiger partial charge in [0, 0.05) is 23.4 Å². The highest BCUT2D eigenvalue weighted by molar-refractivity contribution is 5.99. The van der Waals surface area contributed by atoms with Gasteiger partial charge >= 0.3 is 0 Å². The van der Waals surface area contributed by atoms with Gasteiger partial charge < -0.3 is 15.0 Å². The van der Waals surface area contributed by atoms with Crippen molar-refractivity contribution in [2.45, 2.75) is 46.5 Å². The fraction of sp³-hybridized carbons (Fsp3) is 0.476. The number of rotatable bonds is 6. The topological polar surface area (TPSA) is 57.2 Å². The summed E-state index contributed by atoms with van der Waals surface area (Å²) in [6.07, 6.45) is 3.41. The van der Waals surface area contributed by atoms with Gasteiger partial charge in [-0.05, 0) is 56.3 Å². The van der Waals surface area contributed by atoms with Crippen molar-refractivity contribution >= 4 is 5.78 Å². The van der Waals surface area contributed by atoms with Crippen LogP contribution in [-0.2, 0) is 6.42 Å². The quantitative estimate of drug-likeness (QED) is 0.807. The molecule has 4 heteroatoms. The lowest BCUT2D eigenvalue weighted by atomic mass is 9.76. The first-order valence-corrected chi connectivity index (χ1v) is 9.09. The summed E-state index contributed by atoms with van der Waals surface area (Å²) in [7, 11) is 0. The number of fused-ring (bicyclic) bond motifs is 1. The number of Topliss-reactive ketones (excluding diaryl/α,β-unsaturated/α-hetero) is 1. The lowest BCUT2D eigenvalue weighted by Gasteiger charge is -2.30. The number of para-hydroxylation sites is 2. The molecule has 3 rings (SSSR count). The van der Waals surface area contributed by atoms with Crippen LogP contribution in [0.3, 0.4) is 0 Å². The van der Waals surface area contributed by atoms with Crippen LogP contribution < -0.4 is 10.5 Å². The molecule has 1 aromatic heterocycles. The maximum Gasteiger partial charge on any atom is 0.165 e. The number of aromatic nitrogens is 1. The van der Waals surface area contributed by atoms with Crippen molar-refractivity contribution in [3.05, 3.63) is 47.3 Å². The molecule has 1 heterocycles. The Balaban J connectivity index is 2.00. The Hall–Kier alpha value is -2.07. The zero-order valence-electron chi connectivity index (χ0n) is 15.5. The number of benzene rings is 1. The highest BCUT2D eigenvalue weighted by atomic mass is 16.5. The number of hydrogen-bond acceptors (Lipinski definition) is 3. The molecule has 0 atom stereocenters. The van der Waals surface area contributed by atoms with E-state index in [4.69, 9.17) is 10.5 Å². The van der Waals surface area contributed by atoms with Crippen molar-refractivity contribution in [1.29, 1.82) is 0 Å². The maximum atomic E-state index is 12.6. The molecule has 2 aromatic rings. The first kappa shape index (κ1) is 17.7. The largest absolute Gasteiger partial charge is 0.491 e. The number of carbonyl (C=O) groups is 1. The highest BCUT2D eigenvalue weighted by Crippen LogP contribution is 2.38. The fourth-order valence-corrected chi connectivity index (χ4v) is 3.68. The monoisotopic (exact) mass is 340 g/mol. The van der Waals surface area contributed by atoms with Crippen molar-refractivity contribution in [3.8, 4) is 11.4 Å². The van der Waals surface area contributed by atoms with Crippen molar-refractivity contribution in [2.24, 2.45) is 11.1 Å². The van der Waals surface area contributed by atoms with Gasteiger partial charge in [0.15, 0.2) is 5.78 Å². The molecule has 0 fully saturated rings. The molecule has 1 aliphatic carbocycles. The van der Waals surface area contributed by atoms with E-state index in [0.717, 1.165) is 47.7 Å². The third-order valence-corrected chi connectivity index (χ3v) is 4.83. The molecule has 1 aliphatic rings. The van der Waals surface area contributed by atoms with Crippen LogP contribution in [0.5, 0.6) is 5.75 Å². The van der Waals surface area contributed by atoms with Gasteiger partial charge in [-0.15, -0.1) is 0 Å². The van der Waals surface area contributed by atoms with Crippen molar-refractivity contribution in [2.75, 3.05) is 13.2 Å². The Labute approximate surface area is 150 Å². The van der Waals surface area contributed by atoms with Crippen LogP contribution >= 0.6 is 0 Å². The zero-order chi connectivity index (χ0) is 18.0. The molecule has 2 N–H and O–H groups in total. The Morgan fingerprint density at radius 2 is 1.96 bits per heavy atom. The Kier molecular flexibility index (Phi) is 5.00. The van der Waals surface area contributed by atoms with E-state index in [1.54, 1.807) is 0 Å². The van der Waals surface area contributed by atoms with Crippen molar-refractivity contribution in [3.63, 3.8) is 0 Å². The van der Waals surface area contributed by atoms with Crippen LogP contribution in [0, 0.1) is 12.3 Å². The minimum absolute atomic E-state index is 0.0104. The Bertz CT molecular complexity index is 774. The molecule has 25 heavy (non-hydrogen) atoms. The standard InChI is InChI=1S/C21H28N2O2/c1-15-12-16-18(13-21(2,3)14-19(16)24)23(15)17-8-4-5-9-20(17)25-11-7-6-10-22/h4-5,8-9,12H,6-7,10-11,13-14,22H2,1-3H3. The summed E-state index contributed by atoms with van der Waals surface area (Å²) < 4.78 is 8.23. The van der Waals surface area contributed by atoms with E-state index in [2.05, 4.69) is 31.4 Å². The molecule has 0 saturated carbocycles. The minimum Gasteiger partial charge on any atom is -0.491 e. The molecule has 0 unspecified atom stereocenters. The molecule has 0 amide bonds. The summed E-state index contributed by atoms with van der Waals surface area (Å²) in [5, 5.41) is 0. The summed E-state index contributed by atoms with van der Waals surface area (Å²) >= 11 is 0. The number of carbonyl (C=O) groups excluding carboxylic acids is 1. The van der Waals surface area contributed by atoms with Crippen LogP contribution in [0.4, 0.5) is 0 Å². The molecule has 0 aliphatic heterocycles. The first-order valence-electron chi connectivity index (χ1n) is 9.09. The van der Waals surface area contributed by atoms with Gasteiger partial charge in [0.25, 0.3) is 0 Å². The lowest BCUT2D eigenvalue weighted by Crippen LogP contribution is -2.27. The normalized spacial score (nSPS) is 15.9. The van der Waals surface area contributed by atoms with E-state index >= 15 is 0 Å². The van der Waals surface area contributed by atoms with E-state index in [0.29, 0.717) is 19.6 Å². The van der Waals surface area contributed by atoms with Crippen LogP contribution in [0.15, 0.2) is 30.3 Å². The average molecular weight is 340 g/mol. The number of ketones is 1. The summed E-state index contributed by atoms with van der Waals surface area (Å²) in [5.74, 6) is 1.10. The maximum absolute atomic E-state index is 12.6. The van der Waals surface area contributed by atoms with Crippen LogP contribution in [0.25, 0.3) is 5.69 Å². The van der Waals surface area contributed by atoms with Crippen molar-refractivity contribution < 1.29 is 9.53 Å². The third-order valence-electron chi connectivity index (χ3n) is 4.83. The summed E-state index contributed by atoms with van der Waals surface area (Å²) in [5.41, 5.74) is 9.62. The number of ether oxygens (including phenoxy) is 1. The number of unbranched alkanes of at least 4 members (excludes halogenated alkanes) is 1. The van der Waals surface area contributed by atoms with Gasteiger partial charge in [0.2, 0.25) is 0 Å². The van der Waals surface area contributed by atoms with Gasteiger partial charge in [-0.25, -0.2) is 0 Å². The van der Waals surface area contributed by atoms with E-state index in [1.165, 1.54) is 0 Å². The Morgan fingerprint density at radius 3 is 2.72 bits per heavy atom. The third kappa shape index (κ3) is 3.64. The van der Waals surface area contributed by atoms with Gasteiger partial charge in [-0.1, -0.05) is 26.0 Å². The summed E-state index contributed by atoms with van der Waals surface area (Å²) in [4.78, 5) is 12.6. The van der Waals surface area contributed by atoms with E-state index < -0.39 is 0 Å². The molecule has 0 spiro atoms. The van der Waals surface area contributed by atoms with Gasteiger partial charge in [-0.2, -0.15) is 0 Å². The fourth-order valence-electron chi connectivity index (χ4n) is 3.68. The van der Waals surface area contributed by atoms with Gasteiger partial charge in [0.1, 0.15) is 5.75 Å². The SMILES string of the molecule is Cc1cc2c(n1-c1ccccc1OCCCCN)CC(C)(C)CC2=O. The molecule has 0 bridgehead atoms. The molecule has 4 nitrogen and oxygen atoms in total. The molecule has 0 radical (unpaired) electrons. The highest BCUT2D eigenvalue weighted by Gasteiger charge is 2.34. The van der Waals surface area contributed by atoms with E-state index in [-0.39, 0.29) is 11.2 Å². The van der Waals surface area contributed by atoms with E-state index in [9.17, 15) is 4.79 Å². The number of hydrogen-bond donors (Lipinski definition) is 1. The van der Waals surface area contributed by atoms with Gasteiger partial charge in [0.05, 0.1) is 12.3 Å². The molecular formula is C21H28N2O2. The van der Waals surface area contributed by atoms with Crippen LogP contribution in [-0.4, -0.2) is 23.5 Å². The second-order valence-electron chi connectivity index (χ2n) is 7.73. The number of aryl methyl sites for hydroxylation is 1. The average Bonchev–Trinajstić information content (AvgIpc) is 2.87. The summed E-state index contributed by atoms with van der Waals surface area (Å²) in [6, 6.07) is 10.1. The Morgan fingerprint density at radius 1 is 1.20 bits per heavy atom. The molecule has 1 aromatic carbocycles. The lowest BCUT2D eigenvalue weighted by molar-refractivity contribution is 0.0911. The van der Waals surface area contributed by atoms with E-state index in [1.807, 2.05) is 24.3 Å². The van der Waals surface area contributed by atoms with Crippen LogP contribution in [0.1, 0.15) is 54.9 Å². The molecular weight excluding hydrogens is 312 g/mol. The van der Waals surface area contributed by atoms with Crippen LogP contribution in [0.2, 0.25) is 0 Å². The second kappa shape index (κ2) is 7.04. The smallest absolute Gasteiger partial charge is 0.165 e. The predicted molar refractivity (Wildman–Crippen MR) is 101 cm³/mol. The van der Waals surface area contributed by atoms with Crippen molar-refractivity contribution in [1.82, 2.24) is 4.57 Å². The number of nitrogens with two attached hydrogens (primary N) is 1. The minimum atomic E-state index is -0.0104. The number of nitrogens with zero attached hydrogens (tertiary/aromatic N) is 1. The first-order chi connectivity index (χ1) is 11.9. The summed E-state index contributed by atoms with van der Waals surface area (Å²) in [6.45, 7) is 7.73.